The molecule has 4 aromatic carbocycles. The molecule has 0 atom stereocenters. The standard InChI is InChI=1S/C27H26N2O4S/c1-20-12-15-26(33-2)25(16-20)29(34(31,32)24-10-4-3-5-11-24)19-27(30)28-18-21-13-14-22-8-6-7-9-23(22)17-21/h3-17H,18-19H2,1-2H3,(H,28,30). The third-order valence-corrected chi connectivity index (χ3v) is 7.30. The van der Waals surface area contributed by atoms with Gasteiger partial charge < -0.3 is 10.1 Å². The number of fused-ring (bicyclic) bond motifs is 1. The number of carbonyl (C=O) groups excluding carboxylic acids is 1. The van der Waals surface area contributed by atoms with Gasteiger partial charge >= 0.3 is 0 Å². The van der Waals surface area contributed by atoms with Crippen molar-refractivity contribution < 1.29 is 17.9 Å². The molecule has 34 heavy (non-hydrogen) atoms. The minimum Gasteiger partial charge on any atom is -0.495 e. The van der Waals surface area contributed by atoms with Gasteiger partial charge in [-0.1, -0.05) is 60.7 Å². The van der Waals surface area contributed by atoms with E-state index in [0.29, 0.717) is 11.4 Å². The van der Waals surface area contributed by atoms with Crippen LogP contribution in [0.2, 0.25) is 0 Å². The van der Waals surface area contributed by atoms with E-state index in [1.54, 1.807) is 30.3 Å². The average Bonchev–Trinajstić information content (AvgIpc) is 2.86. The van der Waals surface area contributed by atoms with Crippen molar-refractivity contribution in [3.63, 3.8) is 0 Å². The minimum absolute atomic E-state index is 0.0980. The first-order valence-electron chi connectivity index (χ1n) is 10.9. The Morgan fingerprint density at radius 2 is 1.59 bits per heavy atom. The predicted octanol–water partition coefficient (Wildman–Crippen LogP) is 4.67. The van der Waals surface area contributed by atoms with Crippen molar-refractivity contribution in [1.82, 2.24) is 5.32 Å². The van der Waals surface area contributed by atoms with E-state index < -0.39 is 15.9 Å². The van der Waals surface area contributed by atoms with E-state index in [0.717, 1.165) is 26.2 Å². The summed E-state index contributed by atoms with van der Waals surface area (Å²) in [5.74, 6) is -0.0522. The number of rotatable bonds is 8. The number of carbonyl (C=O) groups is 1. The molecule has 0 heterocycles. The van der Waals surface area contributed by atoms with Gasteiger partial charge in [0.15, 0.2) is 0 Å². The largest absolute Gasteiger partial charge is 0.495 e. The molecule has 0 fully saturated rings. The fraction of sp³-hybridized carbons (Fsp3) is 0.148. The number of sulfonamides is 1. The maximum Gasteiger partial charge on any atom is 0.264 e. The number of ether oxygens (including phenoxy) is 1. The minimum atomic E-state index is -4.02. The van der Waals surface area contributed by atoms with Gasteiger partial charge in [-0.15, -0.1) is 0 Å². The Bertz CT molecular complexity index is 1420. The second-order valence-corrected chi connectivity index (χ2v) is 9.82. The molecule has 0 aromatic heterocycles. The SMILES string of the molecule is COc1ccc(C)cc1N(CC(=O)NCc1ccc2ccccc2c1)S(=O)(=O)c1ccccc1. The third-order valence-electron chi connectivity index (χ3n) is 5.53. The molecule has 0 unspecified atom stereocenters. The molecule has 1 N–H and O–H groups in total. The van der Waals surface area contributed by atoms with E-state index in [2.05, 4.69) is 5.32 Å². The van der Waals surface area contributed by atoms with Crippen LogP contribution in [0.3, 0.4) is 0 Å². The number of amides is 1. The number of methoxy groups -OCH3 is 1. The van der Waals surface area contributed by atoms with Crippen molar-refractivity contribution in [3.8, 4) is 5.75 Å². The van der Waals surface area contributed by atoms with Crippen molar-refractivity contribution in [1.29, 1.82) is 0 Å². The smallest absolute Gasteiger partial charge is 0.264 e. The van der Waals surface area contributed by atoms with Crippen LogP contribution in [-0.2, 0) is 21.4 Å². The monoisotopic (exact) mass is 474 g/mol. The third kappa shape index (κ3) is 5.05. The van der Waals surface area contributed by atoms with Gasteiger partial charge in [-0.05, 0) is 59.2 Å². The van der Waals surface area contributed by atoms with E-state index in [4.69, 9.17) is 4.74 Å². The first-order valence-corrected chi connectivity index (χ1v) is 12.3. The lowest BCUT2D eigenvalue weighted by atomic mass is 10.1. The lowest BCUT2D eigenvalue weighted by molar-refractivity contribution is -0.119. The van der Waals surface area contributed by atoms with Crippen LogP contribution < -0.4 is 14.4 Å². The van der Waals surface area contributed by atoms with Crippen LogP contribution in [-0.4, -0.2) is 28.0 Å². The highest BCUT2D eigenvalue weighted by Gasteiger charge is 2.29. The molecule has 4 rings (SSSR count). The van der Waals surface area contributed by atoms with E-state index in [1.807, 2.05) is 55.5 Å². The number of aryl methyl sites for hydroxylation is 1. The number of nitrogens with one attached hydrogen (secondary N) is 1. The van der Waals surface area contributed by atoms with Gasteiger partial charge in [0.1, 0.15) is 12.3 Å². The summed E-state index contributed by atoms with van der Waals surface area (Å²) in [6, 6.07) is 27.2. The Hall–Kier alpha value is -3.84. The summed E-state index contributed by atoms with van der Waals surface area (Å²) in [7, 11) is -2.54. The lowest BCUT2D eigenvalue weighted by Gasteiger charge is -2.26. The number of benzene rings is 4. The maximum atomic E-state index is 13.6. The molecule has 174 valence electrons. The summed E-state index contributed by atoms with van der Waals surface area (Å²) < 4.78 is 33.6. The molecule has 0 aliphatic carbocycles. The lowest BCUT2D eigenvalue weighted by Crippen LogP contribution is -2.40. The molecule has 0 spiro atoms. The van der Waals surface area contributed by atoms with Crippen LogP contribution >= 0.6 is 0 Å². The molecule has 0 aliphatic rings. The van der Waals surface area contributed by atoms with Crippen LogP contribution in [0, 0.1) is 6.92 Å². The molecule has 0 saturated heterocycles. The first kappa shape index (κ1) is 23.3. The number of anilines is 1. The molecular weight excluding hydrogens is 448 g/mol. The van der Waals surface area contributed by atoms with Gasteiger partial charge in [-0.25, -0.2) is 8.42 Å². The van der Waals surface area contributed by atoms with Gasteiger partial charge in [0.2, 0.25) is 5.91 Å². The van der Waals surface area contributed by atoms with E-state index >= 15 is 0 Å². The first-order chi connectivity index (χ1) is 16.4. The highest BCUT2D eigenvalue weighted by atomic mass is 32.2. The molecular formula is C27H26N2O4S. The van der Waals surface area contributed by atoms with E-state index in [9.17, 15) is 13.2 Å². The Morgan fingerprint density at radius 1 is 0.882 bits per heavy atom. The van der Waals surface area contributed by atoms with E-state index in [-0.39, 0.29) is 18.0 Å². The Balaban J connectivity index is 1.61. The van der Waals surface area contributed by atoms with Crippen molar-refractivity contribution >= 4 is 32.4 Å². The van der Waals surface area contributed by atoms with Gasteiger partial charge in [0.05, 0.1) is 17.7 Å². The Kier molecular flexibility index (Phi) is 6.84. The van der Waals surface area contributed by atoms with Crippen LogP contribution in [0.15, 0.2) is 95.9 Å². The Morgan fingerprint density at radius 3 is 2.32 bits per heavy atom. The number of nitrogens with zero attached hydrogens (tertiary/aromatic N) is 1. The number of hydrogen-bond acceptors (Lipinski definition) is 4. The van der Waals surface area contributed by atoms with Crippen molar-refractivity contribution in [2.45, 2.75) is 18.4 Å². The van der Waals surface area contributed by atoms with Crippen molar-refractivity contribution in [3.05, 3.63) is 102 Å². The summed E-state index contributed by atoms with van der Waals surface area (Å²) in [5.41, 5.74) is 2.09. The summed E-state index contributed by atoms with van der Waals surface area (Å²) in [6.45, 7) is 1.76. The van der Waals surface area contributed by atoms with Gasteiger partial charge in [0.25, 0.3) is 10.0 Å². The maximum absolute atomic E-state index is 13.6. The summed E-state index contributed by atoms with van der Waals surface area (Å²) >= 11 is 0. The fourth-order valence-electron chi connectivity index (χ4n) is 3.75. The molecule has 0 saturated carbocycles. The predicted molar refractivity (Wildman–Crippen MR) is 134 cm³/mol. The molecule has 1 amide bonds. The zero-order valence-electron chi connectivity index (χ0n) is 19.1. The highest BCUT2D eigenvalue weighted by molar-refractivity contribution is 7.92. The normalized spacial score (nSPS) is 11.2. The fourth-order valence-corrected chi connectivity index (χ4v) is 5.19. The van der Waals surface area contributed by atoms with Crippen molar-refractivity contribution in [2.75, 3.05) is 18.0 Å². The van der Waals surface area contributed by atoms with Crippen LogP contribution in [0.1, 0.15) is 11.1 Å². The second kappa shape index (κ2) is 9.97. The molecule has 7 heteroatoms. The molecule has 0 radical (unpaired) electrons. The van der Waals surface area contributed by atoms with Crippen LogP contribution in [0.25, 0.3) is 10.8 Å². The van der Waals surface area contributed by atoms with Gasteiger partial charge in [-0.2, -0.15) is 0 Å². The molecule has 4 aromatic rings. The summed E-state index contributed by atoms with van der Waals surface area (Å²) in [6.07, 6.45) is 0. The zero-order valence-corrected chi connectivity index (χ0v) is 19.9. The molecule has 0 aliphatic heterocycles. The van der Waals surface area contributed by atoms with Crippen LogP contribution in [0.5, 0.6) is 5.75 Å². The summed E-state index contributed by atoms with van der Waals surface area (Å²) in [4.78, 5) is 13.1. The van der Waals surface area contributed by atoms with E-state index in [1.165, 1.54) is 19.2 Å². The second-order valence-electron chi connectivity index (χ2n) is 7.96. The zero-order chi connectivity index (χ0) is 24.1. The molecule has 6 nitrogen and oxygen atoms in total. The highest BCUT2D eigenvalue weighted by Crippen LogP contribution is 2.33. The molecule has 0 bridgehead atoms. The van der Waals surface area contributed by atoms with Crippen molar-refractivity contribution in [2.24, 2.45) is 0 Å². The van der Waals surface area contributed by atoms with Gasteiger partial charge in [0, 0.05) is 6.54 Å². The summed E-state index contributed by atoms with van der Waals surface area (Å²) in [5, 5.41) is 5.04. The quantitative estimate of drug-likeness (QED) is 0.403. The number of hydrogen-bond donors (Lipinski definition) is 1. The topological polar surface area (TPSA) is 75.7 Å². The Labute approximate surface area is 199 Å². The van der Waals surface area contributed by atoms with Crippen LogP contribution in [0.4, 0.5) is 5.69 Å². The van der Waals surface area contributed by atoms with Gasteiger partial charge in [-0.3, -0.25) is 9.10 Å². The average molecular weight is 475 g/mol.